The topological polar surface area (TPSA) is 12.0 Å². The van der Waals surface area contributed by atoms with Crippen LogP contribution in [0.4, 0.5) is 0 Å². The molecule has 1 fully saturated rings. The summed E-state index contributed by atoms with van der Waals surface area (Å²) in [5.74, 6) is 0.843. The van der Waals surface area contributed by atoms with Crippen molar-refractivity contribution in [3.63, 3.8) is 0 Å². The summed E-state index contributed by atoms with van der Waals surface area (Å²) in [7, 11) is 0. The normalized spacial score (nSPS) is 31.3. The van der Waals surface area contributed by atoms with Gasteiger partial charge in [-0.25, -0.2) is 0 Å². The van der Waals surface area contributed by atoms with Gasteiger partial charge in [-0.3, -0.25) is 0 Å². The van der Waals surface area contributed by atoms with Gasteiger partial charge in [-0.05, 0) is 48.8 Å². The van der Waals surface area contributed by atoms with Crippen LogP contribution >= 0.6 is 15.9 Å². The molecular weight excluding hydrogens is 286 g/mol. The molecule has 1 N–H and O–H groups in total. The van der Waals surface area contributed by atoms with Crippen LogP contribution in [-0.2, 0) is 6.42 Å². The molecule has 3 rings (SSSR count). The van der Waals surface area contributed by atoms with Crippen LogP contribution in [0.15, 0.2) is 22.7 Å². The number of hydrogen-bond acceptors (Lipinski definition) is 1. The summed E-state index contributed by atoms with van der Waals surface area (Å²) < 4.78 is 1.29. The first kappa shape index (κ1) is 12.7. The maximum Gasteiger partial charge on any atom is 0.0329 e. The van der Waals surface area contributed by atoms with E-state index in [0.717, 1.165) is 12.0 Å². The average Bonchev–Trinajstić information content (AvgIpc) is 2.77. The molecule has 0 aromatic heterocycles. The summed E-state index contributed by atoms with van der Waals surface area (Å²) >= 11 is 3.68. The predicted molar refractivity (Wildman–Crippen MR) is 79.8 cm³/mol. The molecule has 0 bridgehead atoms. The Kier molecular flexibility index (Phi) is 3.76. The van der Waals surface area contributed by atoms with Crippen LogP contribution in [-0.4, -0.2) is 6.04 Å². The Balaban J connectivity index is 1.74. The summed E-state index contributed by atoms with van der Waals surface area (Å²) in [6.07, 6.45) is 8.07. The van der Waals surface area contributed by atoms with E-state index in [2.05, 4.69) is 46.4 Å². The Bertz CT molecular complexity index is 429. The highest BCUT2D eigenvalue weighted by Gasteiger charge is 2.28. The van der Waals surface area contributed by atoms with Gasteiger partial charge in [-0.1, -0.05) is 47.8 Å². The monoisotopic (exact) mass is 307 g/mol. The summed E-state index contributed by atoms with van der Waals surface area (Å²) in [6.45, 7) is 2.41. The van der Waals surface area contributed by atoms with E-state index >= 15 is 0 Å². The molecule has 0 radical (unpaired) electrons. The van der Waals surface area contributed by atoms with Crippen LogP contribution in [0.25, 0.3) is 0 Å². The van der Waals surface area contributed by atoms with Gasteiger partial charge in [0, 0.05) is 16.6 Å². The lowest BCUT2D eigenvalue weighted by Crippen LogP contribution is -2.38. The van der Waals surface area contributed by atoms with Crippen LogP contribution in [0.2, 0.25) is 0 Å². The van der Waals surface area contributed by atoms with E-state index in [4.69, 9.17) is 0 Å². The van der Waals surface area contributed by atoms with Crippen molar-refractivity contribution in [3.05, 3.63) is 33.8 Å². The van der Waals surface area contributed by atoms with Crippen LogP contribution < -0.4 is 5.32 Å². The molecule has 2 aliphatic rings. The molecule has 0 spiro atoms. The largest absolute Gasteiger partial charge is 0.307 e. The quantitative estimate of drug-likeness (QED) is 0.841. The minimum atomic E-state index is 0.586. The van der Waals surface area contributed by atoms with Gasteiger partial charge in [0.25, 0.3) is 0 Å². The molecule has 3 unspecified atom stereocenters. The predicted octanol–water partition coefficient (Wildman–Crippen LogP) is 4.60. The van der Waals surface area contributed by atoms with Gasteiger partial charge >= 0.3 is 0 Å². The second kappa shape index (κ2) is 5.34. The highest BCUT2D eigenvalue weighted by molar-refractivity contribution is 9.10. The maximum absolute atomic E-state index is 3.93. The van der Waals surface area contributed by atoms with Crippen molar-refractivity contribution in [2.24, 2.45) is 5.92 Å². The minimum absolute atomic E-state index is 0.586. The number of benzene rings is 1. The molecule has 98 valence electrons. The maximum atomic E-state index is 3.93. The number of rotatable bonds is 2. The number of hydrogen-bond donors (Lipinski definition) is 1. The molecule has 0 aliphatic heterocycles. The first-order valence-corrected chi connectivity index (χ1v) is 8.08. The molecule has 1 nitrogen and oxygen atoms in total. The van der Waals surface area contributed by atoms with Crippen LogP contribution in [0, 0.1) is 5.92 Å². The van der Waals surface area contributed by atoms with Crippen LogP contribution in [0.1, 0.15) is 56.2 Å². The Morgan fingerprint density at radius 2 is 2.00 bits per heavy atom. The Morgan fingerprint density at radius 3 is 2.83 bits per heavy atom. The van der Waals surface area contributed by atoms with Crippen LogP contribution in [0.3, 0.4) is 0 Å². The molecule has 1 saturated carbocycles. The summed E-state index contributed by atoms with van der Waals surface area (Å²) in [6, 6.07) is 7.97. The lowest BCUT2D eigenvalue weighted by atomic mass is 9.85. The van der Waals surface area contributed by atoms with Gasteiger partial charge in [-0.15, -0.1) is 0 Å². The van der Waals surface area contributed by atoms with E-state index in [1.807, 2.05) is 0 Å². The fourth-order valence-electron chi connectivity index (χ4n) is 3.61. The lowest BCUT2D eigenvalue weighted by molar-refractivity contribution is 0.258. The minimum Gasteiger partial charge on any atom is -0.307 e. The molecule has 1 aromatic rings. The van der Waals surface area contributed by atoms with E-state index in [9.17, 15) is 0 Å². The fourth-order valence-corrected chi connectivity index (χ4v) is 4.18. The van der Waals surface area contributed by atoms with E-state index in [-0.39, 0.29) is 0 Å². The Hall–Kier alpha value is -0.340. The summed E-state index contributed by atoms with van der Waals surface area (Å²) in [4.78, 5) is 0. The highest BCUT2D eigenvalue weighted by atomic mass is 79.9. The van der Waals surface area contributed by atoms with Gasteiger partial charge in [0.05, 0.1) is 0 Å². The zero-order valence-corrected chi connectivity index (χ0v) is 12.7. The molecular formula is C16H22BrN. The fraction of sp³-hybridized carbons (Fsp3) is 0.625. The Labute approximate surface area is 118 Å². The smallest absolute Gasteiger partial charge is 0.0329 e. The highest BCUT2D eigenvalue weighted by Crippen LogP contribution is 2.37. The van der Waals surface area contributed by atoms with Crippen molar-refractivity contribution in [3.8, 4) is 0 Å². The van der Waals surface area contributed by atoms with Crippen molar-refractivity contribution in [2.75, 3.05) is 0 Å². The zero-order valence-electron chi connectivity index (χ0n) is 11.1. The van der Waals surface area contributed by atoms with Gasteiger partial charge in [0.2, 0.25) is 0 Å². The van der Waals surface area contributed by atoms with E-state index in [0.29, 0.717) is 6.04 Å². The van der Waals surface area contributed by atoms with Gasteiger partial charge in [-0.2, -0.15) is 0 Å². The third-order valence-corrected chi connectivity index (χ3v) is 5.48. The summed E-state index contributed by atoms with van der Waals surface area (Å²) in [5, 5.41) is 3.93. The molecule has 3 atom stereocenters. The molecule has 0 saturated heterocycles. The molecule has 2 heteroatoms. The number of nitrogens with one attached hydrogen (secondary N) is 1. The van der Waals surface area contributed by atoms with Crippen molar-refractivity contribution < 1.29 is 0 Å². The standard InChI is InChI=1S/C16H22BrN/c1-11-5-2-3-8-15(11)18-16-10-9-12-13(16)6-4-7-14(12)17/h4,6-7,11,15-16,18H,2-3,5,8-10H2,1H3. The first-order valence-electron chi connectivity index (χ1n) is 7.29. The van der Waals surface area contributed by atoms with Gasteiger partial charge in [0.15, 0.2) is 0 Å². The van der Waals surface area contributed by atoms with Crippen molar-refractivity contribution in [1.82, 2.24) is 5.32 Å². The van der Waals surface area contributed by atoms with Crippen molar-refractivity contribution in [1.29, 1.82) is 0 Å². The number of halogens is 1. The molecule has 1 aromatic carbocycles. The summed E-state index contributed by atoms with van der Waals surface area (Å²) in [5.41, 5.74) is 3.06. The van der Waals surface area contributed by atoms with Crippen LogP contribution in [0.5, 0.6) is 0 Å². The van der Waals surface area contributed by atoms with E-state index in [1.165, 1.54) is 54.1 Å². The molecule has 0 heterocycles. The zero-order chi connectivity index (χ0) is 12.5. The lowest BCUT2D eigenvalue weighted by Gasteiger charge is -2.32. The van der Waals surface area contributed by atoms with E-state index < -0.39 is 0 Å². The Morgan fingerprint density at radius 1 is 1.17 bits per heavy atom. The third-order valence-electron chi connectivity index (χ3n) is 4.74. The molecule has 0 amide bonds. The van der Waals surface area contributed by atoms with Crippen molar-refractivity contribution in [2.45, 2.75) is 57.5 Å². The average molecular weight is 308 g/mol. The first-order chi connectivity index (χ1) is 8.75. The molecule has 2 aliphatic carbocycles. The molecule has 18 heavy (non-hydrogen) atoms. The number of fused-ring (bicyclic) bond motifs is 1. The van der Waals surface area contributed by atoms with Crippen molar-refractivity contribution >= 4 is 15.9 Å². The SMILES string of the molecule is CC1CCCCC1NC1CCc2c(Br)cccc21. The van der Waals surface area contributed by atoms with Gasteiger partial charge < -0.3 is 5.32 Å². The van der Waals surface area contributed by atoms with E-state index in [1.54, 1.807) is 0 Å². The second-order valence-corrected chi connectivity index (χ2v) is 6.79. The third kappa shape index (κ3) is 2.37. The van der Waals surface area contributed by atoms with Gasteiger partial charge in [0.1, 0.15) is 0 Å². The second-order valence-electron chi connectivity index (χ2n) is 5.93.